The average Bonchev–Trinajstić information content (AvgIpc) is 2.98. The molecule has 0 spiro atoms. The van der Waals surface area contributed by atoms with Crippen LogP contribution in [0.25, 0.3) is 0 Å². The minimum absolute atomic E-state index is 0.103. The summed E-state index contributed by atoms with van der Waals surface area (Å²) in [5.41, 5.74) is 1.72. The zero-order valence-corrected chi connectivity index (χ0v) is 19.5. The molecule has 4 rings (SSSR count). The number of fused-ring (bicyclic) bond motifs is 5. The first-order chi connectivity index (χ1) is 13.5. The molecule has 2 heteroatoms. The van der Waals surface area contributed by atoms with Crippen LogP contribution in [0.3, 0.4) is 0 Å². The van der Waals surface area contributed by atoms with Gasteiger partial charge in [0.2, 0.25) is 0 Å². The number of hydrogen-bond donors (Lipinski definition) is 2. The second-order valence-corrected chi connectivity index (χ2v) is 12.2. The van der Waals surface area contributed by atoms with Gasteiger partial charge in [-0.2, -0.15) is 0 Å². The first-order valence-corrected chi connectivity index (χ1v) is 12.3. The lowest BCUT2D eigenvalue weighted by Gasteiger charge is -2.58. The minimum Gasteiger partial charge on any atom is -0.393 e. The third-order valence-corrected chi connectivity index (χ3v) is 9.87. The Labute approximate surface area is 178 Å². The van der Waals surface area contributed by atoms with Crippen LogP contribution in [0.2, 0.25) is 0 Å². The van der Waals surface area contributed by atoms with Gasteiger partial charge in [-0.25, -0.2) is 0 Å². The van der Waals surface area contributed by atoms with Crippen LogP contribution in [0.4, 0.5) is 0 Å². The molecular formula is C27H44O2. The topological polar surface area (TPSA) is 40.5 Å². The van der Waals surface area contributed by atoms with Gasteiger partial charge in [0, 0.05) is 0 Å². The first kappa shape index (κ1) is 21.6. The smallest absolute Gasteiger partial charge is 0.0771 e. The quantitative estimate of drug-likeness (QED) is 0.545. The van der Waals surface area contributed by atoms with Gasteiger partial charge in [0.1, 0.15) is 0 Å². The first-order valence-electron chi connectivity index (χ1n) is 12.3. The fourth-order valence-electron chi connectivity index (χ4n) is 8.35. The van der Waals surface area contributed by atoms with E-state index in [-0.39, 0.29) is 6.10 Å². The largest absolute Gasteiger partial charge is 0.393 e. The molecule has 8 atom stereocenters. The molecule has 0 radical (unpaired) electrons. The molecule has 2 N–H and O–H groups in total. The van der Waals surface area contributed by atoms with Crippen LogP contribution in [-0.2, 0) is 0 Å². The van der Waals surface area contributed by atoms with Crippen molar-refractivity contribution in [2.75, 3.05) is 0 Å². The highest BCUT2D eigenvalue weighted by Gasteiger charge is 2.59. The summed E-state index contributed by atoms with van der Waals surface area (Å²) < 4.78 is 0. The van der Waals surface area contributed by atoms with Crippen molar-refractivity contribution in [2.45, 2.75) is 104 Å². The summed E-state index contributed by atoms with van der Waals surface area (Å²) >= 11 is 0. The molecule has 7 unspecified atom stereocenters. The van der Waals surface area contributed by atoms with E-state index in [0.29, 0.717) is 16.7 Å². The summed E-state index contributed by atoms with van der Waals surface area (Å²) in [5.74, 6) is 4.05. The van der Waals surface area contributed by atoms with Gasteiger partial charge in [-0.15, -0.1) is 0 Å². The van der Waals surface area contributed by atoms with Gasteiger partial charge >= 0.3 is 0 Å². The van der Waals surface area contributed by atoms with Gasteiger partial charge in [0.05, 0.1) is 11.7 Å². The molecule has 29 heavy (non-hydrogen) atoms. The highest BCUT2D eigenvalue weighted by Crippen LogP contribution is 2.67. The molecule has 2 nitrogen and oxygen atoms in total. The predicted molar refractivity (Wildman–Crippen MR) is 120 cm³/mol. The number of aliphatic hydroxyl groups excluding tert-OH is 1. The van der Waals surface area contributed by atoms with E-state index in [1.54, 1.807) is 5.57 Å². The van der Waals surface area contributed by atoms with Crippen molar-refractivity contribution in [3.63, 3.8) is 0 Å². The monoisotopic (exact) mass is 400 g/mol. The summed E-state index contributed by atoms with van der Waals surface area (Å²) in [6.07, 6.45) is 17.6. The fourth-order valence-corrected chi connectivity index (χ4v) is 8.35. The molecule has 0 aromatic carbocycles. The van der Waals surface area contributed by atoms with Crippen molar-refractivity contribution in [1.82, 2.24) is 0 Å². The number of hydrogen-bond acceptors (Lipinski definition) is 2. The molecule has 0 bridgehead atoms. The van der Waals surface area contributed by atoms with E-state index < -0.39 is 5.60 Å². The maximum absolute atomic E-state index is 10.2. The van der Waals surface area contributed by atoms with Gasteiger partial charge in [-0.05, 0) is 112 Å². The SMILES string of the molecule is C[C@H](C/C=C/C(C)(C)O)C1CCC2C3CC=C4CC(O)CCC4(C)C3CCC21C. The molecular weight excluding hydrogens is 356 g/mol. The van der Waals surface area contributed by atoms with E-state index in [1.807, 2.05) is 19.9 Å². The maximum Gasteiger partial charge on any atom is 0.0771 e. The molecule has 0 aliphatic heterocycles. The summed E-state index contributed by atoms with van der Waals surface area (Å²) in [5, 5.41) is 20.2. The van der Waals surface area contributed by atoms with E-state index in [0.717, 1.165) is 42.9 Å². The highest BCUT2D eigenvalue weighted by molar-refractivity contribution is 5.25. The maximum atomic E-state index is 10.2. The van der Waals surface area contributed by atoms with Crippen molar-refractivity contribution < 1.29 is 10.2 Å². The van der Waals surface area contributed by atoms with Gasteiger partial charge in [0.15, 0.2) is 0 Å². The van der Waals surface area contributed by atoms with E-state index in [1.165, 1.54) is 38.5 Å². The van der Waals surface area contributed by atoms with Crippen LogP contribution in [-0.4, -0.2) is 21.9 Å². The van der Waals surface area contributed by atoms with Crippen molar-refractivity contribution >= 4 is 0 Å². The van der Waals surface area contributed by atoms with Crippen molar-refractivity contribution in [2.24, 2.45) is 40.4 Å². The zero-order chi connectivity index (χ0) is 21.0. The summed E-state index contributed by atoms with van der Waals surface area (Å²) in [6.45, 7) is 11.3. The van der Waals surface area contributed by atoms with E-state index >= 15 is 0 Å². The Morgan fingerprint density at radius 3 is 2.62 bits per heavy atom. The number of aliphatic hydroxyl groups is 2. The van der Waals surface area contributed by atoms with Gasteiger partial charge in [-0.3, -0.25) is 0 Å². The van der Waals surface area contributed by atoms with Crippen LogP contribution in [0.1, 0.15) is 92.4 Å². The van der Waals surface area contributed by atoms with Gasteiger partial charge in [0.25, 0.3) is 0 Å². The molecule has 3 fully saturated rings. The second-order valence-electron chi connectivity index (χ2n) is 12.2. The molecule has 0 aromatic heterocycles. The highest BCUT2D eigenvalue weighted by atomic mass is 16.3. The lowest BCUT2D eigenvalue weighted by Crippen LogP contribution is -2.50. The fraction of sp³-hybridized carbons (Fsp3) is 0.852. The molecule has 4 aliphatic rings. The molecule has 3 saturated carbocycles. The third kappa shape index (κ3) is 3.78. The van der Waals surface area contributed by atoms with Crippen molar-refractivity contribution in [1.29, 1.82) is 0 Å². The van der Waals surface area contributed by atoms with Crippen LogP contribution in [0.15, 0.2) is 23.8 Å². The Morgan fingerprint density at radius 2 is 1.90 bits per heavy atom. The minimum atomic E-state index is -0.699. The van der Waals surface area contributed by atoms with E-state index in [2.05, 4.69) is 32.9 Å². The summed E-state index contributed by atoms with van der Waals surface area (Å²) in [7, 11) is 0. The molecule has 4 aliphatic carbocycles. The Kier molecular flexibility index (Phi) is 5.61. The lowest BCUT2D eigenvalue weighted by atomic mass is 9.47. The summed E-state index contributed by atoms with van der Waals surface area (Å²) in [6, 6.07) is 0. The Hall–Kier alpha value is -0.600. The summed E-state index contributed by atoms with van der Waals surface area (Å²) in [4.78, 5) is 0. The molecule has 164 valence electrons. The van der Waals surface area contributed by atoms with Gasteiger partial charge < -0.3 is 10.2 Å². The molecule has 0 saturated heterocycles. The number of rotatable bonds is 4. The van der Waals surface area contributed by atoms with E-state index in [4.69, 9.17) is 0 Å². The normalized spacial score (nSPS) is 46.0. The Balaban J connectivity index is 1.51. The molecule has 0 aromatic rings. The van der Waals surface area contributed by atoms with Crippen LogP contribution < -0.4 is 0 Å². The van der Waals surface area contributed by atoms with Crippen LogP contribution >= 0.6 is 0 Å². The van der Waals surface area contributed by atoms with Crippen LogP contribution in [0, 0.1) is 40.4 Å². The van der Waals surface area contributed by atoms with E-state index in [9.17, 15) is 10.2 Å². The van der Waals surface area contributed by atoms with Crippen LogP contribution in [0.5, 0.6) is 0 Å². The lowest BCUT2D eigenvalue weighted by molar-refractivity contribution is -0.0565. The van der Waals surface area contributed by atoms with Gasteiger partial charge in [-0.1, -0.05) is 44.6 Å². The molecule has 0 heterocycles. The Bertz CT molecular complexity index is 671. The average molecular weight is 401 g/mol. The number of allylic oxidation sites excluding steroid dienone is 2. The Morgan fingerprint density at radius 1 is 1.14 bits per heavy atom. The zero-order valence-electron chi connectivity index (χ0n) is 19.5. The predicted octanol–water partition coefficient (Wildman–Crippen LogP) is 6.28. The van der Waals surface area contributed by atoms with Crippen molar-refractivity contribution in [3.05, 3.63) is 23.8 Å². The second kappa shape index (κ2) is 7.52. The molecule has 0 amide bonds. The van der Waals surface area contributed by atoms with Crippen molar-refractivity contribution in [3.8, 4) is 0 Å². The third-order valence-electron chi connectivity index (χ3n) is 9.87. The standard InChI is InChI=1S/C27H44O2/c1-18(7-6-14-25(2,3)29)22-10-11-23-21-9-8-19-17-20(28)12-15-26(19,4)24(21)13-16-27(22,23)5/h6,8,14,18,20-24,28-29H,7,9-13,15-17H2,1-5H3/b14-6+/t18-,20?,21?,22?,23?,24?,26?,27?/m1/s1.